The van der Waals surface area contributed by atoms with Gasteiger partial charge in [-0.05, 0) is 38.5 Å². The van der Waals surface area contributed by atoms with Gasteiger partial charge in [-0.25, -0.2) is 0 Å². The van der Waals surface area contributed by atoms with Gasteiger partial charge in [0.25, 0.3) is 0 Å². The maximum absolute atomic E-state index is 5.58. The Morgan fingerprint density at radius 2 is 1.86 bits per heavy atom. The van der Waals surface area contributed by atoms with Gasteiger partial charge in [-0.3, -0.25) is 0 Å². The third-order valence-electron chi connectivity index (χ3n) is 2.57. The highest BCUT2D eigenvalue weighted by atomic mass is 16.5. The van der Waals surface area contributed by atoms with E-state index in [1.165, 1.54) is 5.56 Å². The Bertz CT molecular complexity index is 312. The molecule has 0 radical (unpaired) electrons. The first-order chi connectivity index (χ1) is 6.60. The van der Waals surface area contributed by atoms with Crippen LogP contribution in [-0.4, -0.2) is 12.6 Å². The molecule has 1 fully saturated rings. The molecule has 1 unspecified atom stereocenters. The highest BCUT2D eigenvalue weighted by Gasteiger charge is 2.37. The summed E-state index contributed by atoms with van der Waals surface area (Å²) in [6.07, 6.45) is 0.246. The summed E-state index contributed by atoms with van der Waals surface area (Å²) in [5.74, 6) is 0.952. The van der Waals surface area contributed by atoms with Gasteiger partial charge >= 0.3 is 0 Å². The molecule has 1 aliphatic rings. The molecular formula is C12H17NO. The van der Waals surface area contributed by atoms with Crippen molar-refractivity contribution in [1.82, 2.24) is 5.32 Å². The molecule has 2 rings (SSSR count). The first-order valence-corrected chi connectivity index (χ1v) is 5.12. The molecule has 0 bridgehead atoms. The Hall–Kier alpha value is -1.02. The molecule has 1 aliphatic heterocycles. The van der Waals surface area contributed by atoms with Crippen LogP contribution in [0.2, 0.25) is 0 Å². The number of rotatable bonds is 3. The second-order valence-corrected chi connectivity index (χ2v) is 4.38. The third-order valence-corrected chi connectivity index (χ3v) is 2.57. The lowest BCUT2D eigenvalue weighted by Crippen LogP contribution is -2.08. The number of hydrogen-bond donors (Lipinski definition) is 1. The first-order valence-electron chi connectivity index (χ1n) is 5.12. The standard InChI is InChI=1S/C12H17NO/c1-9(2)14-11-6-4-10(5-7-11)12(3)8-13-12/h4-7,9,13H,8H2,1-3H3. The van der Waals surface area contributed by atoms with E-state index >= 15 is 0 Å². The lowest BCUT2D eigenvalue weighted by molar-refractivity contribution is 0.242. The van der Waals surface area contributed by atoms with Crippen molar-refractivity contribution in [3.05, 3.63) is 29.8 Å². The third kappa shape index (κ3) is 1.90. The fourth-order valence-corrected chi connectivity index (χ4v) is 1.51. The van der Waals surface area contributed by atoms with Crippen molar-refractivity contribution in [2.45, 2.75) is 32.4 Å². The van der Waals surface area contributed by atoms with Crippen LogP contribution in [-0.2, 0) is 5.54 Å². The first kappa shape index (κ1) is 9.53. The number of hydrogen-bond acceptors (Lipinski definition) is 2. The van der Waals surface area contributed by atoms with E-state index in [2.05, 4.69) is 24.4 Å². The summed E-state index contributed by atoms with van der Waals surface area (Å²) in [7, 11) is 0. The summed E-state index contributed by atoms with van der Waals surface area (Å²) < 4.78 is 5.58. The zero-order chi connectivity index (χ0) is 10.2. The van der Waals surface area contributed by atoms with Gasteiger partial charge in [0.15, 0.2) is 0 Å². The van der Waals surface area contributed by atoms with Crippen molar-refractivity contribution in [1.29, 1.82) is 0 Å². The van der Waals surface area contributed by atoms with Gasteiger partial charge in [0, 0.05) is 6.54 Å². The van der Waals surface area contributed by atoms with Crippen LogP contribution < -0.4 is 10.1 Å². The molecule has 1 heterocycles. The largest absolute Gasteiger partial charge is 0.491 e. The van der Waals surface area contributed by atoms with Crippen molar-refractivity contribution in [2.75, 3.05) is 6.54 Å². The van der Waals surface area contributed by atoms with Crippen LogP contribution in [0, 0.1) is 0 Å². The van der Waals surface area contributed by atoms with E-state index in [0.29, 0.717) is 0 Å². The smallest absolute Gasteiger partial charge is 0.119 e. The molecule has 0 saturated carbocycles. The van der Waals surface area contributed by atoms with Crippen molar-refractivity contribution in [3.8, 4) is 5.75 Å². The van der Waals surface area contributed by atoms with E-state index in [-0.39, 0.29) is 11.6 Å². The van der Waals surface area contributed by atoms with Gasteiger partial charge in [0.1, 0.15) is 5.75 Å². The average Bonchev–Trinajstić information content (AvgIpc) is 2.85. The van der Waals surface area contributed by atoms with Crippen molar-refractivity contribution in [3.63, 3.8) is 0 Å². The van der Waals surface area contributed by atoms with E-state index in [1.807, 2.05) is 26.0 Å². The SMILES string of the molecule is CC(C)Oc1ccc(C2(C)CN2)cc1. The molecular weight excluding hydrogens is 174 g/mol. The Morgan fingerprint density at radius 3 is 2.29 bits per heavy atom. The second kappa shape index (κ2) is 3.28. The van der Waals surface area contributed by atoms with Gasteiger partial charge in [-0.2, -0.15) is 0 Å². The summed E-state index contributed by atoms with van der Waals surface area (Å²) in [5.41, 5.74) is 1.56. The Kier molecular flexibility index (Phi) is 2.23. The Balaban J connectivity index is 2.10. The minimum Gasteiger partial charge on any atom is -0.491 e. The minimum absolute atomic E-state index is 0.219. The number of ether oxygens (including phenoxy) is 1. The normalized spacial score (nSPS) is 25.1. The molecule has 2 nitrogen and oxygen atoms in total. The zero-order valence-electron chi connectivity index (χ0n) is 9.00. The molecule has 0 spiro atoms. The van der Waals surface area contributed by atoms with Gasteiger partial charge < -0.3 is 10.1 Å². The monoisotopic (exact) mass is 191 g/mol. The molecule has 2 heteroatoms. The predicted octanol–water partition coefficient (Wildman–Crippen LogP) is 2.29. The summed E-state index contributed by atoms with van der Waals surface area (Å²) in [6.45, 7) is 7.37. The van der Waals surface area contributed by atoms with Gasteiger partial charge in [-0.15, -0.1) is 0 Å². The molecule has 0 aromatic heterocycles. The molecule has 1 saturated heterocycles. The fourth-order valence-electron chi connectivity index (χ4n) is 1.51. The molecule has 14 heavy (non-hydrogen) atoms. The van der Waals surface area contributed by atoms with Crippen molar-refractivity contribution in [2.24, 2.45) is 0 Å². The predicted molar refractivity (Wildman–Crippen MR) is 57.6 cm³/mol. The van der Waals surface area contributed by atoms with Gasteiger partial charge in [-0.1, -0.05) is 12.1 Å². The summed E-state index contributed by atoms with van der Waals surface area (Å²) in [6, 6.07) is 8.36. The highest BCUT2D eigenvalue weighted by Crippen LogP contribution is 2.30. The van der Waals surface area contributed by atoms with Crippen LogP contribution in [0.5, 0.6) is 5.75 Å². The lowest BCUT2D eigenvalue weighted by Gasteiger charge is -2.11. The van der Waals surface area contributed by atoms with Crippen LogP contribution in [0.25, 0.3) is 0 Å². The molecule has 0 amide bonds. The van der Waals surface area contributed by atoms with E-state index in [0.717, 1.165) is 12.3 Å². The van der Waals surface area contributed by atoms with Crippen molar-refractivity contribution >= 4 is 0 Å². The molecule has 1 atom stereocenters. The molecule has 1 aromatic carbocycles. The van der Waals surface area contributed by atoms with E-state index in [4.69, 9.17) is 4.74 Å². The number of benzene rings is 1. The van der Waals surface area contributed by atoms with Crippen molar-refractivity contribution < 1.29 is 4.74 Å². The van der Waals surface area contributed by atoms with Crippen LogP contribution in [0.1, 0.15) is 26.3 Å². The Morgan fingerprint density at radius 1 is 1.29 bits per heavy atom. The quantitative estimate of drug-likeness (QED) is 0.743. The average molecular weight is 191 g/mol. The van der Waals surface area contributed by atoms with Crippen LogP contribution >= 0.6 is 0 Å². The van der Waals surface area contributed by atoms with Gasteiger partial charge in [0.05, 0.1) is 11.6 Å². The van der Waals surface area contributed by atoms with E-state index < -0.39 is 0 Å². The molecule has 0 aliphatic carbocycles. The zero-order valence-corrected chi connectivity index (χ0v) is 9.00. The summed E-state index contributed by atoms with van der Waals surface area (Å²) in [5, 5.41) is 3.35. The maximum Gasteiger partial charge on any atom is 0.119 e. The topological polar surface area (TPSA) is 31.2 Å². The maximum atomic E-state index is 5.58. The lowest BCUT2D eigenvalue weighted by atomic mass is 10.0. The van der Waals surface area contributed by atoms with Crippen LogP contribution in [0.15, 0.2) is 24.3 Å². The second-order valence-electron chi connectivity index (χ2n) is 4.38. The van der Waals surface area contributed by atoms with E-state index in [1.54, 1.807) is 0 Å². The molecule has 76 valence electrons. The summed E-state index contributed by atoms with van der Waals surface area (Å²) >= 11 is 0. The van der Waals surface area contributed by atoms with Crippen LogP contribution in [0.3, 0.4) is 0 Å². The Labute approximate surface area is 85.3 Å². The van der Waals surface area contributed by atoms with E-state index in [9.17, 15) is 0 Å². The van der Waals surface area contributed by atoms with Crippen LogP contribution in [0.4, 0.5) is 0 Å². The molecule has 1 aromatic rings. The fraction of sp³-hybridized carbons (Fsp3) is 0.500. The number of nitrogens with one attached hydrogen (secondary N) is 1. The summed E-state index contributed by atoms with van der Waals surface area (Å²) in [4.78, 5) is 0. The molecule has 1 N–H and O–H groups in total. The van der Waals surface area contributed by atoms with Gasteiger partial charge in [0.2, 0.25) is 0 Å². The highest BCUT2D eigenvalue weighted by molar-refractivity contribution is 5.35. The minimum atomic E-state index is 0.219.